The number of nitrogens with zero attached hydrogens (tertiary/aromatic N) is 5. The molecule has 1 saturated heterocycles. The van der Waals surface area contributed by atoms with Gasteiger partial charge in [0.25, 0.3) is 0 Å². The monoisotopic (exact) mass is 421 g/mol. The minimum absolute atomic E-state index is 0.0571. The molecule has 0 unspecified atom stereocenters. The topological polar surface area (TPSA) is 133 Å². The second-order valence-corrected chi connectivity index (χ2v) is 7.67. The van der Waals surface area contributed by atoms with Crippen molar-refractivity contribution in [3.8, 4) is 0 Å². The smallest absolute Gasteiger partial charge is 0.246 e. The standard InChI is InChI=1S/C19H31N7O4/c27-14-26(29)13-15-7-5-3-1-2-4-6-8-16-20-18(24-23-17(15)28)22-19(21-16)25-9-11-30-12-10-25/h14-15,29H,1-13H2,(H,23,28)(H,20,21,22,24)/t15-/m1/s1. The van der Waals surface area contributed by atoms with Crippen molar-refractivity contribution in [2.75, 3.05) is 43.2 Å². The van der Waals surface area contributed by atoms with E-state index in [1.54, 1.807) is 0 Å². The molecule has 3 rings (SSSR count). The SMILES string of the molecule is O=CN(O)C[C@H]1CCCCCCCCc2nc(nc(N3CCOCC3)n2)NNC1=O. The van der Waals surface area contributed by atoms with Crippen LogP contribution in [0.2, 0.25) is 0 Å². The Morgan fingerprint density at radius 2 is 1.80 bits per heavy atom. The van der Waals surface area contributed by atoms with Gasteiger partial charge in [0.05, 0.1) is 25.7 Å². The number of hydrogen-bond acceptors (Lipinski definition) is 9. The summed E-state index contributed by atoms with van der Waals surface area (Å²) in [5.74, 6) is 0.693. The Morgan fingerprint density at radius 1 is 1.07 bits per heavy atom. The summed E-state index contributed by atoms with van der Waals surface area (Å²) in [6, 6.07) is 0. The number of aryl methyl sites for hydroxylation is 1. The highest BCUT2D eigenvalue weighted by Gasteiger charge is 2.22. The van der Waals surface area contributed by atoms with Crippen LogP contribution >= 0.6 is 0 Å². The Labute approximate surface area is 176 Å². The summed E-state index contributed by atoms with van der Waals surface area (Å²) >= 11 is 0. The molecule has 1 atom stereocenters. The van der Waals surface area contributed by atoms with Crippen molar-refractivity contribution in [1.29, 1.82) is 0 Å². The van der Waals surface area contributed by atoms with Gasteiger partial charge in [-0.3, -0.25) is 25.6 Å². The molecule has 1 aromatic rings. The van der Waals surface area contributed by atoms with Crippen molar-refractivity contribution < 1.29 is 19.5 Å². The van der Waals surface area contributed by atoms with E-state index in [9.17, 15) is 14.8 Å². The third-order valence-corrected chi connectivity index (χ3v) is 5.36. The zero-order valence-corrected chi connectivity index (χ0v) is 17.3. The first-order chi connectivity index (χ1) is 14.7. The molecule has 0 radical (unpaired) electrons. The molecule has 30 heavy (non-hydrogen) atoms. The Balaban J connectivity index is 1.75. The quantitative estimate of drug-likeness (QED) is 0.368. The Hall–Kier alpha value is -2.53. The first-order valence-corrected chi connectivity index (χ1v) is 10.7. The molecule has 2 aliphatic rings. The number of fused-ring (bicyclic) bond motifs is 2. The molecule has 166 valence electrons. The number of morpholine rings is 1. The molecular weight excluding hydrogens is 390 g/mol. The van der Waals surface area contributed by atoms with Gasteiger partial charge in [0, 0.05) is 19.5 Å². The maximum Gasteiger partial charge on any atom is 0.246 e. The molecule has 3 heterocycles. The van der Waals surface area contributed by atoms with Crippen molar-refractivity contribution >= 4 is 24.2 Å². The number of carbonyl (C=O) groups is 2. The van der Waals surface area contributed by atoms with Gasteiger partial charge in [0.2, 0.25) is 24.2 Å². The highest BCUT2D eigenvalue weighted by Crippen LogP contribution is 2.17. The zero-order valence-electron chi connectivity index (χ0n) is 17.3. The summed E-state index contributed by atoms with van der Waals surface area (Å²) in [7, 11) is 0. The number of hydrazine groups is 1. The summed E-state index contributed by atoms with van der Waals surface area (Å²) < 4.78 is 5.40. The summed E-state index contributed by atoms with van der Waals surface area (Å²) in [5, 5.41) is 10.1. The fourth-order valence-electron chi connectivity index (χ4n) is 3.65. The molecule has 0 aromatic carbocycles. The highest BCUT2D eigenvalue weighted by atomic mass is 16.5. The number of amides is 2. The van der Waals surface area contributed by atoms with Crippen LogP contribution < -0.4 is 15.8 Å². The van der Waals surface area contributed by atoms with Gasteiger partial charge in [-0.2, -0.15) is 15.0 Å². The average Bonchev–Trinajstić information content (AvgIpc) is 2.78. The normalized spacial score (nSPS) is 21.6. The van der Waals surface area contributed by atoms with E-state index in [2.05, 4.69) is 25.8 Å². The number of rotatable bonds is 4. The first kappa shape index (κ1) is 22.2. The molecule has 0 aliphatic carbocycles. The van der Waals surface area contributed by atoms with Crippen molar-refractivity contribution in [3.05, 3.63) is 5.82 Å². The molecular formula is C19H31N7O4. The van der Waals surface area contributed by atoms with Gasteiger partial charge in [-0.15, -0.1) is 0 Å². The molecule has 1 aromatic heterocycles. The molecule has 2 amide bonds. The number of hydroxylamine groups is 2. The van der Waals surface area contributed by atoms with E-state index in [1.807, 2.05) is 4.90 Å². The van der Waals surface area contributed by atoms with E-state index >= 15 is 0 Å². The van der Waals surface area contributed by atoms with Crippen LogP contribution in [0.3, 0.4) is 0 Å². The van der Waals surface area contributed by atoms with Crippen LogP contribution in [-0.4, -0.2) is 70.4 Å². The summed E-state index contributed by atoms with van der Waals surface area (Å²) in [6.07, 6.45) is 7.81. The number of anilines is 2. The van der Waals surface area contributed by atoms with E-state index in [0.29, 0.717) is 56.0 Å². The lowest BCUT2D eigenvalue weighted by Gasteiger charge is -2.27. The Bertz CT molecular complexity index is 699. The molecule has 2 bridgehead atoms. The van der Waals surface area contributed by atoms with E-state index in [-0.39, 0.29) is 18.4 Å². The van der Waals surface area contributed by atoms with Crippen LogP contribution in [0.25, 0.3) is 0 Å². The largest absolute Gasteiger partial charge is 0.378 e. The van der Waals surface area contributed by atoms with E-state index in [4.69, 9.17) is 4.74 Å². The van der Waals surface area contributed by atoms with Crippen molar-refractivity contribution in [2.24, 2.45) is 5.92 Å². The second-order valence-electron chi connectivity index (χ2n) is 7.67. The van der Waals surface area contributed by atoms with Crippen LogP contribution in [0.15, 0.2) is 0 Å². The van der Waals surface area contributed by atoms with Crippen LogP contribution in [-0.2, 0) is 20.7 Å². The highest BCUT2D eigenvalue weighted by molar-refractivity contribution is 5.80. The van der Waals surface area contributed by atoms with E-state index in [0.717, 1.165) is 44.9 Å². The van der Waals surface area contributed by atoms with Gasteiger partial charge in [-0.05, 0) is 12.8 Å². The van der Waals surface area contributed by atoms with Crippen molar-refractivity contribution in [1.82, 2.24) is 25.4 Å². The maximum atomic E-state index is 12.7. The molecule has 1 fully saturated rings. The molecule has 2 aliphatic heterocycles. The van der Waals surface area contributed by atoms with Crippen molar-refractivity contribution in [3.63, 3.8) is 0 Å². The number of aromatic nitrogens is 3. The van der Waals surface area contributed by atoms with Crippen LogP contribution in [0.1, 0.15) is 50.8 Å². The lowest BCUT2D eigenvalue weighted by Crippen LogP contribution is -2.41. The van der Waals surface area contributed by atoms with Gasteiger partial charge in [-0.1, -0.05) is 32.1 Å². The second kappa shape index (κ2) is 11.6. The van der Waals surface area contributed by atoms with Crippen LogP contribution in [0.5, 0.6) is 0 Å². The molecule has 3 N–H and O–H groups in total. The van der Waals surface area contributed by atoms with Gasteiger partial charge < -0.3 is 9.64 Å². The molecule has 11 nitrogen and oxygen atoms in total. The summed E-state index contributed by atoms with van der Waals surface area (Å²) in [4.78, 5) is 39.0. The number of nitrogens with one attached hydrogen (secondary N) is 2. The number of ether oxygens (including phenoxy) is 1. The van der Waals surface area contributed by atoms with Gasteiger partial charge >= 0.3 is 0 Å². The average molecular weight is 422 g/mol. The first-order valence-electron chi connectivity index (χ1n) is 10.7. The van der Waals surface area contributed by atoms with Crippen LogP contribution in [0, 0.1) is 5.92 Å². The van der Waals surface area contributed by atoms with E-state index < -0.39 is 5.92 Å². The minimum atomic E-state index is -0.530. The predicted octanol–water partition coefficient (Wildman–Crippen LogP) is 0.902. The van der Waals surface area contributed by atoms with Gasteiger partial charge in [0.1, 0.15) is 5.82 Å². The fourth-order valence-corrected chi connectivity index (χ4v) is 3.65. The number of hydrogen-bond donors (Lipinski definition) is 3. The molecule has 0 spiro atoms. The van der Waals surface area contributed by atoms with Crippen molar-refractivity contribution in [2.45, 2.75) is 51.4 Å². The third kappa shape index (κ3) is 6.77. The third-order valence-electron chi connectivity index (χ3n) is 5.36. The maximum absolute atomic E-state index is 12.7. The summed E-state index contributed by atoms with van der Waals surface area (Å²) in [5.41, 5.74) is 5.43. The molecule has 11 heteroatoms. The lowest BCUT2D eigenvalue weighted by molar-refractivity contribution is -0.154. The minimum Gasteiger partial charge on any atom is -0.378 e. The lowest BCUT2D eigenvalue weighted by atomic mass is 9.99. The van der Waals surface area contributed by atoms with Gasteiger partial charge in [-0.25, -0.2) is 5.06 Å². The predicted molar refractivity (Wildman–Crippen MR) is 109 cm³/mol. The van der Waals surface area contributed by atoms with Gasteiger partial charge in [0.15, 0.2) is 0 Å². The number of carbonyl (C=O) groups excluding carboxylic acids is 2. The zero-order chi connectivity index (χ0) is 21.2. The van der Waals surface area contributed by atoms with E-state index in [1.165, 1.54) is 0 Å². The Morgan fingerprint density at radius 3 is 2.57 bits per heavy atom. The Kier molecular flexibility index (Phi) is 8.57. The fraction of sp³-hybridized carbons (Fsp3) is 0.737. The van der Waals surface area contributed by atoms with Crippen LogP contribution in [0.4, 0.5) is 11.9 Å². The summed E-state index contributed by atoms with van der Waals surface area (Å²) in [6.45, 7) is 2.59. The molecule has 0 saturated carbocycles.